The first kappa shape index (κ1) is 8.52. The number of pyridine rings is 1. The molecular weight excluding hydrogens is 156 g/mol. The van der Waals surface area contributed by atoms with E-state index in [9.17, 15) is 4.79 Å². The zero-order chi connectivity index (χ0) is 9.14. The SMILES string of the molecule is CCc1ncc(C(=O)O)cc1N. The van der Waals surface area contributed by atoms with E-state index in [1.165, 1.54) is 12.3 Å². The fourth-order valence-corrected chi connectivity index (χ4v) is 0.922. The molecule has 1 aromatic rings. The van der Waals surface area contributed by atoms with Gasteiger partial charge in [-0.15, -0.1) is 0 Å². The Hall–Kier alpha value is -1.58. The molecule has 4 nitrogen and oxygen atoms in total. The van der Waals surface area contributed by atoms with Gasteiger partial charge < -0.3 is 10.8 Å². The molecule has 12 heavy (non-hydrogen) atoms. The van der Waals surface area contributed by atoms with Crippen LogP contribution in [0, 0.1) is 0 Å². The number of carboxylic acids is 1. The molecule has 0 aliphatic carbocycles. The van der Waals surface area contributed by atoms with E-state index in [0.29, 0.717) is 12.1 Å². The summed E-state index contributed by atoms with van der Waals surface area (Å²) in [5.74, 6) is -1.00. The van der Waals surface area contributed by atoms with Crippen molar-refractivity contribution < 1.29 is 9.90 Å². The maximum atomic E-state index is 10.5. The molecule has 0 radical (unpaired) electrons. The summed E-state index contributed by atoms with van der Waals surface area (Å²) in [4.78, 5) is 14.4. The van der Waals surface area contributed by atoms with E-state index in [4.69, 9.17) is 10.8 Å². The molecule has 0 saturated heterocycles. The second kappa shape index (κ2) is 3.21. The molecule has 0 unspecified atom stereocenters. The molecule has 1 heterocycles. The number of hydrogen-bond acceptors (Lipinski definition) is 3. The molecule has 3 N–H and O–H groups in total. The van der Waals surface area contributed by atoms with E-state index in [2.05, 4.69) is 4.98 Å². The van der Waals surface area contributed by atoms with E-state index in [-0.39, 0.29) is 5.56 Å². The number of aromatic nitrogens is 1. The maximum Gasteiger partial charge on any atom is 0.337 e. The minimum absolute atomic E-state index is 0.129. The lowest BCUT2D eigenvalue weighted by atomic mass is 10.2. The number of anilines is 1. The van der Waals surface area contributed by atoms with Gasteiger partial charge in [-0.1, -0.05) is 6.92 Å². The van der Waals surface area contributed by atoms with Crippen LogP contribution < -0.4 is 5.73 Å². The Balaban J connectivity index is 3.10. The smallest absolute Gasteiger partial charge is 0.337 e. The Bertz CT molecular complexity index is 310. The van der Waals surface area contributed by atoms with Crippen LogP contribution in [-0.2, 0) is 6.42 Å². The Morgan fingerprint density at radius 2 is 2.42 bits per heavy atom. The number of aromatic carboxylic acids is 1. The largest absolute Gasteiger partial charge is 0.478 e. The van der Waals surface area contributed by atoms with E-state index in [0.717, 1.165) is 5.69 Å². The first-order valence-electron chi connectivity index (χ1n) is 3.62. The molecule has 0 amide bonds. The summed E-state index contributed by atoms with van der Waals surface area (Å²) in [5, 5.41) is 8.58. The van der Waals surface area contributed by atoms with E-state index in [1.807, 2.05) is 6.92 Å². The number of hydrogen-bond donors (Lipinski definition) is 2. The number of nitrogens with two attached hydrogens (primary N) is 1. The molecule has 0 spiro atoms. The van der Waals surface area contributed by atoms with Gasteiger partial charge in [0.25, 0.3) is 0 Å². The van der Waals surface area contributed by atoms with E-state index < -0.39 is 5.97 Å². The number of carboxylic acid groups (broad SMARTS) is 1. The Morgan fingerprint density at radius 1 is 1.75 bits per heavy atom. The Morgan fingerprint density at radius 3 is 2.83 bits per heavy atom. The fourth-order valence-electron chi connectivity index (χ4n) is 0.922. The Labute approximate surface area is 70.0 Å². The van der Waals surface area contributed by atoms with Gasteiger partial charge in [-0.05, 0) is 12.5 Å². The quantitative estimate of drug-likeness (QED) is 0.685. The molecule has 4 heteroatoms. The van der Waals surface area contributed by atoms with Crippen molar-refractivity contribution >= 4 is 11.7 Å². The van der Waals surface area contributed by atoms with Gasteiger partial charge >= 0.3 is 5.97 Å². The summed E-state index contributed by atoms with van der Waals surface area (Å²) in [6.45, 7) is 1.92. The van der Waals surface area contributed by atoms with Crippen LogP contribution >= 0.6 is 0 Å². The third-order valence-electron chi connectivity index (χ3n) is 1.59. The van der Waals surface area contributed by atoms with Crippen LogP contribution in [0.15, 0.2) is 12.3 Å². The topological polar surface area (TPSA) is 76.2 Å². The minimum Gasteiger partial charge on any atom is -0.478 e. The van der Waals surface area contributed by atoms with Crippen molar-refractivity contribution in [3.8, 4) is 0 Å². The van der Waals surface area contributed by atoms with Gasteiger partial charge in [0.1, 0.15) is 0 Å². The highest BCUT2D eigenvalue weighted by molar-refractivity contribution is 5.88. The van der Waals surface area contributed by atoms with Gasteiger partial charge in [0.05, 0.1) is 16.9 Å². The third-order valence-corrected chi connectivity index (χ3v) is 1.59. The van der Waals surface area contributed by atoms with Crippen LogP contribution in [0.1, 0.15) is 23.0 Å². The van der Waals surface area contributed by atoms with Gasteiger partial charge in [0, 0.05) is 6.20 Å². The van der Waals surface area contributed by atoms with Crippen molar-refractivity contribution in [1.82, 2.24) is 4.98 Å². The highest BCUT2D eigenvalue weighted by Crippen LogP contribution is 2.11. The summed E-state index contributed by atoms with van der Waals surface area (Å²) in [5.41, 5.74) is 6.85. The first-order chi connectivity index (χ1) is 5.65. The zero-order valence-electron chi connectivity index (χ0n) is 6.74. The monoisotopic (exact) mass is 166 g/mol. The van der Waals surface area contributed by atoms with Crippen molar-refractivity contribution in [2.45, 2.75) is 13.3 Å². The van der Waals surface area contributed by atoms with Crippen LogP contribution in [0.25, 0.3) is 0 Å². The Kier molecular flexibility index (Phi) is 2.28. The molecule has 1 rings (SSSR count). The fraction of sp³-hybridized carbons (Fsp3) is 0.250. The predicted molar refractivity (Wildman–Crippen MR) is 45.0 cm³/mol. The number of rotatable bonds is 2. The number of nitrogens with zero attached hydrogens (tertiary/aromatic N) is 1. The minimum atomic E-state index is -1.00. The average Bonchev–Trinajstić information content (AvgIpc) is 2.04. The number of carbonyl (C=O) groups is 1. The zero-order valence-corrected chi connectivity index (χ0v) is 6.74. The van der Waals surface area contributed by atoms with Crippen LogP contribution in [0.5, 0.6) is 0 Å². The van der Waals surface area contributed by atoms with Gasteiger partial charge in [-0.3, -0.25) is 4.98 Å². The van der Waals surface area contributed by atoms with Crippen LogP contribution in [0.3, 0.4) is 0 Å². The molecule has 0 aliphatic heterocycles. The molecule has 1 aromatic heterocycles. The molecule has 0 aromatic carbocycles. The maximum absolute atomic E-state index is 10.5. The van der Waals surface area contributed by atoms with Crippen LogP contribution in [-0.4, -0.2) is 16.1 Å². The van der Waals surface area contributed by atoms with Crippen molar-refractivity contribution in [3.05, 3.63) is 23.5 Å². The molecule has 0 fully saturated rings. The lowest BCUT2D eigenvalue weighted by Gasteiger charge is -2.01. The van der Waals surface area contributed by atoms with Gasteiger partial charge in [0.15, 0.2) is 0 Å². The molecular formula is C8H10N2O2. The molecule has 0 bridgehead atoms. The second-order valence-corrected chi connectivity index (χ2v) is 2.42. The molecule has 0 atom stereocenters. The van der Waals surface area contributed by atoms with Gasteiger partial charge in [0.2, 0.25) is 0 Å². The van der Waals surface area contributed by atoms with Crippen LogP contribution in [0.2, 0.25) is 0 Å². The summed E-state index contributed by atoms with van der Waals surface area (Å²) in [7, 11) is 0. The summed E-state index contributed by atoms with van der Waals surface area (Å²) < 4.78 is 0. The average molecular weight is 166 g/mol. The lowest BCUT2D eigenvalue weighted by Crippen LogP contribution is -2.02. The normalized spacial score (nSPS) is 9.75. The lowest BCUT2D eigenvalue weighted by molar-refractivity contribution is 0.0696. The van der Waals surface area contributed by atoms with Gasteiger partial charge in [-0.2, -0.15) is 0 Å². The molecule has 0 saturated carbocycles. The third kappa shape index (κ3) is 1.53. The standard InChI is InChI=1S/C8H10N2O2/c1-2-7-6(9)3-5(4-10-7)8(11)12/h3-4H,2,9H2,1H3,(H,11,12). The van der Waals surface area contributed by atoms with E-state index >= 15 is 0 Å². The number of aryl methyl sites for hydroxylation is 1. The predicted octanol–water partition coefficient (Wildman–Crippen LogP) is 0.924. The highest BCUT2D eigenvalue weighted by Gasteiger charge is 2.05. The highest BCUT2D eigenvalue weighted by atomic mass is 16.4. The van der Waals surface area contributed by atoms with Crippen molar-refractivity contribution in [3.63, 3.8) is 0 Å². The summed E-state index contributed by atoms with van der Waals surface area (Å²) >= 11 is 0. The van der Waals surface area contributed by atoms with E-state index in [1.54, 1.807) is 0 Å². The van der Waals surface area contributed by atoms with Crippen molar-refractivity contribution in [1.29, 1.82) is 0 Å². The molecule has 0 aliphatic rings. The van der Waals surface area contributed by atoms with Crippen LogP contribution in [0.4, 0.5) is 5.69 Å². The van der Waals surface area contributed by atoms with Crippen molar-refractivity contribution in [2.75, 3.05) is 5.73 Å². The number of nitrogen functional groups attached to an aromatic ring is 1. The first-order valence-corrected chi connectivity index (χ1v) is 3.62. The summed E-state index contributed by atoms with van der Waals surface area (Å²) in [6, 6.07) is 1.42. The second-order valence-electron chi connectivity index (χ2n) is 2.42. The van der Waals surface area contributed by atoms with Crippen molar-refractivity contribution in [2.24, 2.45) is 0 Å². The van der Waals surface area contributed by atoms with Gasteiger partial charge in [-0.25, -0.2) is 4.79 Å². The molecule has 64 valence electrons. The summed E-state index contributed by atoms with van der Waals surface area (Å²) in [6.07, 6.45) is 2.03.